The third-order valence-electron chi connectivity index (χ3n) is 2.79. The summed E-state index contributed by atoms with van der Waals surface area (Å²) in [5, 5.41) is 0. The van der Waals surface area contributed by atoms with E-state index in [1.54, 1.807) is 12.8 Å². The Hall–Kier alpha value is 0.801. The fourth-order valence-corrected chi connectivity index (χ4v) is 25.2. The van der Waals surface area contributed by atoms with Gasteiger partial charge in [0.1, 0.15) is 0 Å². The minimum absolute atomic E-state index is 1.04. The van der Waals surface area contributed by atoms with Crippen molar-refractivity contribution >= 4 is 53.3 Å². The molecule has 0 amide bonds. The Kier molecular flexibility index (Phi) is 9.98. The summed E-state index contributed by atoms with van der Waals surface area (Å²) in [4.78, 5) is 0. The van der Waals surface area contributed by atoms with E-state index in [-0.39, 0.29) is 0 Å². The van der Waals surface area contributed by atoms with Crippen molar-refractivity contribution in [2.75, 3.05) is 7.11 Å². The molecule has 0 aliphatic rings. The highest BCUT2D eigenvalue weighted by Crippen LogP contribution is 2.25. The van der Waals surface area contributed by atoms with Gasteiger partial charge in [-0.2, -0.15) is 0 Å². The Bertz CT molecular complexity index is 405. The molecule has 0 saturated carbocycles. The molecule has 0 saturated heterocycles. The lowest BCUT2D eigenvalue weighted by atomic mass is 11.3. The average molecular weight is 445 g/mol. The smallest absolute Gasteiger partial charge is 0.343 e. The van der Waals surface area contributed by atoms with Crippen LogP contribution in [-0.4, -0.2) is 60.4 Å². The second kappa shape index (κ2) is 9.65. The lowest BCUT2D eigenvalue weighted by Crippen LogP contribution is -2.58. The van der Waals surface area contributed by atoms with Gasteiger partial charge in [0.2, 0.25) is 0 Å². The van der Waals surface area contributed by atoms with E-state index in [9.17, 15) is 0 Å². The highest BCUT2D eigenvalue weighted by molar-refractivity contribution is 6.89. The molecule has 0 aromatic heterocycles. The van der Waals surface area contributed by atoms with E-state index in [4.69, 9.17) is 25.0 Å². The Labute approximate surface area is 156 Å². The number of hydrogen-bond acceptors (Lipinski definition) is 6. The monoisotopic (exact) mass is 444 g/mol. The maximum absolute atomic E-state index is 6.41. The number of rotatable bonds is 12. The van der Waals surface area contributed by atoms with E-state index >= 15 is 0 Å². The summed E-state index contributed by atoms with van der Waals surface area (Å²) in [6.07, 6.45) is 0. The first-order valence-corrected chi connectivity index (χ1v) is 23.0. The van der Waals surface area contributed by atoms with Crippen molar-refractivity contribution < 1.29 is 25.0 Å². The summed E-state index contributed by atoms with van der Waals surface area (Å²) in [5.41, 5.74) is 1.79. The Morgan fingerprint density at radius 1 is 0.833 bits per heavy atom. The van der Waals surface area contributed by atoms with Gasteiger partial charge in [0.05, 0.1) is 0 Å². The summed E-state index contributed by atoms with van der Waals surface area (Å²) in [5.74, 6) is 0. The molecular weight excluding hydrogens is 409 g/mol. The normalized spacial score (nSPS) is 16.8. The molecule has 0 aromatic carbocycles. The largest absolute Gasteiger partial charge is 0.440 e. The molecule has 0 bridgehead atoms. The van der Waals surface area contributed by atoms with Crippen LogP contribution < -0.4 is 0 Å². The predicted molar refractivity (Wildman–Crippen MR) is 114 cm³/mol. The van der Waals surface area contributed by atoms with E-state index < -0.39 is 53.3 Å². The molecule has 0 heterocycles. The van der Waals surface area contributed by atoms with E-state index in [0.29, 0.717) is 0 Å². The van der Waals surface area contributed by atoms with Crippen LogP contribution in [-0.2, 0) is 25.0 Å². The molecule has 12 heteroatoms. The minimum atomic E-state index is -2.47. The van der Waals surface area contributed by atoms with Gasteiger partial charge in [-0.25, -0.2) is 0 Å². The van der Waals surface area contributed by atoms with Gasteiger partial charge in [0.25, 0.3) is 10.0 Å². The summed E-state index contributed by atoms with van der Waals surface area (Å²) in [6, 6.07) is 0. The van der Waals surface area contributed by atoms with Crippen LogP contribution in [0.4, 0.5) is 0 Å². The molecule has 0 fully saturated rings. The van der Waals surface area contributed by atoms with Crippen molar-refractivity contribution in [3.05, 3.63) is 12.3 Å². The Morgan fingerprint density at radius 2 is 1.29 bits per heavy atom. The van der Waals surface area contributed by atoms with Gasteiger partial charge in [0.15, 0.2) is 9.04 Å². The molecule has 0 N–H and O–H groups in total. The first kappa shape index (κ1) is 24.8. The molecule has 24 heavy (non-hydrogen) atoms. The molecule has 0 aliphatic heterocycles. The zero-order chi connectivity index (χ0) is 19.2. The van der Waals surface area contributed by atoms with Crippen LogP contribution in [0.1, 0.15) is 0 Å². The minimum Gasteiger partial charge on any atom is -0.440 e. The molecule has 0 aliphatic carbocycles. The third kappa shape index (κ3) is 10.7. The Balaban J connectivity index is 4.95. The lowest BCUT2D eigenvalue weighted by Gasteiger charge is -2.40. The second-order valence-electron chi connectivity index (χ2n) is 7.44. The molecule has 0 radical (unpaired) electrons. The molecule has 1 unspecified atom stereocenters. The topological polar surface area (TPSA) is 55.4 Å². The van der Waals surface area contributed by atoms with Crippen LogP contribution in [0, 0.1) is 0 Å². The highest BCUT2D eigenvalue weighted by Gasteiger charge is 2.45. The first-order valence-electron chi connectivity index (χ1n) is 8.21. The van der Waals surface area contributed by atoms with Crippen molar-refractivity contribution in [3.8, 4) is 0 Å². The van der Waals surface area contributed by atoms with Crippen LogP contribution in [0.25, 0.3) is 0 Å². The van der Waals surface area contributed by atoms with Crippen LogP contribution in [0.5, 0.6) is 0 Å². The van der Waals surface area contributed by atoms with Crippen LogP contribution in [0.3, 0.4) is 0 Å². The highest BCUT2D eigenvalue weighted by atomic mass is 28.5. The van der Waals surface area contributed by atoms with Gasteiger partial charge in [-0.3, -0.25) is 0 Å². The summed E-state index contributed by atoms with van der Waals surface area (Å²) >= 11 is 0. The molecule has 6 nitrogen and oxygen atoms in total. The fourth-order valence-electron chi connectivity index (χ4n) is 2.61. The molecule has 0 rings (SSSR count). The van der Waals surface area contributed by atoms with Gasteiger partial charge in [-0.1, -0.05) is 5.70 Å². The van der Waals surface area contributed by atoms with Crippen molar-refractivity contribution in [2.45, 2.75) is 58.9 Å². The van der Waals surface area contributed by atoms with Crippen molar-refractivity contribution in [1.82, 2.24) is 0 Å². The summed E-state index contributed by atoms with van der Waals surface area (Å²) < 4.78 is 36.2. The molecule has 144 valence electrons. The van der Waals surface area contributed by atoms with Gasteiger partial charge < -0.3 is 25.0 Å². The summed E-state index contributed by atoms with van der Waals surface area (Å²) in [6.45, 7) is 22.5. The molecular formula is C12H36O6Si6. The quantitative estimate of drug-likeness (QED) is 0.431. The van der Waals surface area contributed by atoms with E-state index in [2.05, 4.69) is 45.9 Å². The zero-order valence-corrected chi connectivity index (χ0v) is 23.6. The lowest BCUT2D eigenvalue weighted by molar-refractivity contribution is 0.276. The van der Waals surface area contributed by atoms with Crippen LogP contribution in [0.15, 0.2) is 12.3 Å². The van der Waals surface area contributed by atoms with E-state index in [1.165, 1.54) is 0 Å². The van der Waals surface area contributed by atoms with Crippen molar-refractivity contribution in [3.63, 3.8) is 0 Å². The van der Waals surface area contributed by atoms with Crippen LogP contribution >= 0.6 is 0 Å². The first-order chi connectivity index (χ1) is 10.7. The Morgan fingerprint density at radius 3 is 1.71 bits per heavy atom. The molecule has 0 spiro atoms. The summed E-state index contributed by atoms with van der Waals surface area (Å²) in [7, 11) is -10.00. The molecule has 1 atom stereocenters. The predicted octanol–water partition coefficient (Wildman–Crippen LogP) is 2.60. The zero-order valence-electron chi connectivity index (χ0n) is 17.0. The van der Waals surface area contributed by atoms with Gasteiger partial charge >= 0.3 is 34.2 Å². The van der Waals surface area contributed by atoms with E-state index in [0.717, 1.165) is 0 Å². The van der Waals surface area contributed by atoms with Crippen LogP contribution in [0.2, 0.25) is 58.9 Å². The van der Waals surface area contributed by atoms with Crippen molar-refractivity contribution in [2.24, 2.45) is 0 Å². The maximum atomic E-state index is 6.41. The second-order valence-corrected chi connectivity index (χ2v) is 25.7. The van der Waals surface area contributed by atoms with E-state index in [1.807, 2.05) is 19.6 Å². The average Bonchev–Trinajstić information content (AvgIpc) is 2.30. The molecule has 0 aromatic rings. The standard InChI is InChI=1S/C12H36O6Si6/c1-12-24(11,14-19-13-2)18-23(9,10)17-22(7,8)16-21(5,6)15-20(3)4/h12,20H,1,19H2,2-11H3. The van der Waals surface area contributed by atoms with Gasteiger partial charge in [-0.15, -0.1) is 6.58 Å². The SMILES string of the molecule is C=C[Si](C)(O[SiH2]OC)O[Si](C)(C)O[Si](C)(C)O[Si](C)(C)O[SiH](C)C. The van der Waals surface area contributed by atoms with Gasteiger partial charge in [-0.05, 0) is 58.9 Å². The van der Waals surface area contributed by atoms with Gasteiger partial charge in [0, 0.05) is 7.11 Å². The number of hydrogen-bond donors (Lipinski definition) is 0. The maximum Gasteiger partial charge on any atom is 0.343 e. The van der Waals surface area contributed by atoms with Crippen molar-refractivity contribution in [1.29, 1.82) is 0 Å². The fraction of sp³-hybridized carbons (Fsp3) is 0.833. The third-order valence-corrected chi connectivity index (χ3v) is 22.1.